The molecule has 0 aliphatic carbocycles. The molecule has 0 aliphatic rings. The molecule has 1 N–H and O–H groups in total. The maximum absolute atomic E-state index is 5.31. The Labute approximate surface area is 108 Å². The Bertz CT molecular complexity index is 336. The first-order valence-electron chi connectivity index (χ1n) is 6.12. The van der Waals surface area contributed by atoms with E-state index in [0.29, 0.717) is 12.5 Å². The minimum absolute atomic E-state index is 0.600. The van der Waals surface area contributed by atoms with E-state index in [-0.39, 0.29) is 0 Å². The van der Waals surface area contributed by atoms with E-state index < -0.39 is 0 Å². The fourth-order valence-electron chi connectivity index (χ4n) is 1.40. The topological polar surface area (TPSA) is 59.5 Å². The molecule has 102 valence electrons. The van der Waals surface area contributed by atoms with Gasteiger partial charge in [-0.15, -0.1) is 0 Å². The summed E-state index contributed by atoms with van der Waals surface area (Å²) in [5.74, 6) is 1.39. The zero-order valence-electron chi connectivity index (χ0n) is 11.3. The van der Waals surface area contributed by atoms with Gasteiger partial charge in [0.2, 0.25) is 5.88 Å². The number of hydrogen-bond acceptors (Lipinski definition) is 6. The second-order valence-electron chi connectivity index (χ2n) is 3.90. The second-order valence-corrected chi connectivity index (χ2v) is 3.90. The van der Waals surface area contributed by atoms with E-state index in [2.05, 4.69) is 27.2 Å². The van der Waals surface area contributed by atoms with Crippen molar-refractivity contribution in [2.24, 2.45) is 0 Å². The smallest absolute Gasteiger partial charge is 0.218 e. The summed E-state index contributed by atoms with van der Waals surface area (Å²) in [6.07, 6.45) is 1.50. The molecule has 0 aromatic carbocycles. The Morgan fingerprint density at radius 1 is 1.33 bits per heavy atom. The van der Waals surface area contributed by atoms with Crippen LogP contribution in [0.5, 0.6) is 5.88 Å². The first-order chi connectivity index (χ1) is 8.76. The molecular weight excluding hydrogens is 232 g/mol. The van der Waals surface area contributed by atoms with Crippen LogP contribution in [-0.2, 0) is 4.74 Å². The van der Waals surface area contributed by atoms with E-state index >= 15 is 0 Å². The van der Waals surface area contributed by atoms with Gasteiger partial charge in [-0.3, -0.25) is 0 Å². The number of rotatable bonds is 9. The van der Waals surface area contributed by atoms with Gasteiger partial charge < -0.3 is 19.7 Å². The minimum atomic E-state index is 0.600. The van der Waals surface area contributed by atoms with E-state index in [4.69, 9.17) is 9.47 Å². The quantitative estimate of drug-likeness (QED) is 0.705. The van der Waals surface area contributed by atoms with Crippen LogP contribution in [-0.4, -0.2) is 61.9 Å². The highest BCUT2D eigenvalue weighted by Gasteiger charge is 2.00. The average molecular weight is 254 g/mol. The third-order valence-corrected chi connectivity index (χ3v) is 2.41. The van der Waals surface area contributed by atoms with Crippen LogP contribution in [0.15, 0.2) is 12.4 Å². The summed E-state index contributed by atoms with van der Waals surface area (Å²) >= 11 is 0. The van der Waals surface area contributed by atoms with Gasteiger partial charge in [-0.05, 0) is 14.0 Å². The lowest BCUT2D eigenvalue weighted by molar-refractivity contribution is 0.163. The van der Waals surface area contributed by atoms with Gasteiger partial charge in [0.1, 0.15) is 12.1 Å². The van der Waals surface area contributed by atoms with Crippen LogP contribution >= 0.6 is 0 Å². The maximum atomic E-state index is 5.31. The van der Waals surface area contributed by atoms with Crippen LogP contribution in [0.25, 0.3) is 0 Å². The molecule has 18 heavy (non-hydrogen) atoms. The fourth-order valence-corrected chi connectivity index (χ4v) is 1.40. The number of aromatic nitrogens is 2. The van der Waals surface area contributed by atoms with Crippen molar-refractivity contribution in [1.82, 2.24) is 14.9 Å². The molecule has 0 bridgehead atoms. The number of methoxy groups -OCH3 is 1. The zero-order chi connectivity index (χ0) is 13.2. The highest BCUT2D eigenvalue weighted by atomic mass is 16.5. The third-order valence-electron chi connectivity index (χ3n) is 2.41. The normalized spacial score (nSPS) is 10.7. The molecule has 0 saturated carbocycles. The predicted octanol–water partition coefficient (Wildman–Crippen LogP) is 0.865. The average Bonchev–Trinajstić information content (AvgIpc) is 2.37. The van der Waals surface area contributed by atoms with Crippen molar-refractivity contribution in [3.63, 3.8) is 0 Å². The molecule has 0 aliphatic heterocycles. The van der Waals surface area contributed by atoms with Crippen LogP contribution in [0, 0.1) is 0 Å². The molecule has 6 heteroatoms. The standard InChI is InChI=1S/C12H22N4O2/c1-4-18-12-9-11(14-10-15-12)13-5-6-16(2)7-8-17-3/h9-10H,4-8H2,1-3H3,(H,13,14,15). The van der Waals surface area contributed by atoms with E-state index in [9.17, 15) is 0 Å². The lowest BCUT2D eigenvalue weighted by Gasteiger charge is -2.16. The molecule has 1 aromatic heterocycles. The van der Waals surface area contributed by atoms with E-state index in [1.54, 1.807) is 13.2 Å². The Kier molecular flexibility index (Phi) is 7.05. The van der Waals surface area contributed by atoms with Gasteiger partial charge in [0, 0.05) is 32.8 Å². The van der Waals surface area contributed by atoms with Crippen LogP contribution in [0.1, 0.15) is 6.92 Å². The van der Waals surface area contributed by atoms with Crippen molar-refractivity contribution in [2.45, 2.75) is 6.92 Å². The molecule has 0 spiro atoms. The number of hydrogen-bond donors (Lipinski definition) is 1. The highest BCUT2D eigenvalue weighted by Crippen LogP contribution is 2.10. The molecule has 0 atom stereocenters. The molecule has 0 unspecified atom stereocenters. The van der Waals surface area contributed by atoms with Crippen molar-refractivity contribution in [1.29, 1.82) is 0 Å². The van der Waals surface area contributed by atoms with Gasteiger partial charge in [-0.2, -0.15) is 0 Å². The first-order valence-corrected chi connectivity index (χ1v) is 6.12. The van der Waals surface area contributed by atoms with E-state index in [1.807, 2.05) is 6.92 Å². The van der Waals surface area contributed by atoms with Gasteiger partial charge in [0.25, 0.3) is 0 Å². The predicted molar refractivity (Wildman–Crippen MR) is 71.1 cm³/mol. The Hall–Kier alpha value is -1.40. The zero-order valence-corrected chi connectivity index (χ0v) is 11.3. The number of ether oxygens (including phenoxy) is 2. The van der Waals surface area contributed by atoms with E-state index in [0.717, 1.165) is 32.1 Å². The van der Waals surface area contributed by atoms with Crippen LogP contribution in [0.3, 0.4) is 0 Å². The van der Waals surface area contributed by atoms with Crippen molar-refractivity contribution in [3.8, 4) is 5.88 Å². The third kappa shape index (κ3) is 5.79. The molecule has 0 radical (unpaired) electrons. The van der Waals surface area contributed by atoms with Crippen LogP contribution in [0.4, 0.5) is 5.82 Å². The van der Waals surface area contributed by atoms with Gasteiger partial charge in [0.15, 0.2) is 0 Å². The van der Waals surface area contributed by atoms with Gasteiger partial charge >= 0.3 is 0 Å². The van der Waals surface area contributed by atoms with Crippen molar-refractivity contribution in [3.05, 3.63) is 12.4 Å². The van der Waals surface area contributed by atoms with Crippen molar-refractivity contribution in [2.75, 3.05) is 52.3 Å². The monoisotopic (exact) mass is 254 g/mol. The number of likely N-dealkylation sites (N-methyl/N-ethyl adjacent to an activating group) is 1. The summed E-state index contributed by atoms with van der Waals surface area (Å²) in [7, 11) is 3.77. The van der Waals surface area contributed by atoms with Crippen LogP contribution < -0.4 is 10.1 Å². The Balaban J connectivity index is 2.28. The fraction of sp³-hybridized carbons (Fsp3) is 0.667. The molecule has 0 saturated heterocycles. The number of nitrogens with one attached hydrogen (secondary N) is 1. The number of nitrogens with zero attached hydrogens (tertiary/aromatic N) is 3. The van der Waals surface area contributed by atoms with Gasteiger partial charge in [-0.1, -0.05) is 0 Å². The summed E-state index contributed by atoms with van der Waals surface area (Å²) in [4.78, 5) is 10.3. The van der Waals surface area contributed by atoms with Crippen LogP contribution in [0.2, 0.25) is 0 Å². The van der Waals surface area contributed by atoms with Crippen molar-refractivity contribution < 1.29 is 9.47 Å². The first kappa shape index (κ1) is 14.7. The summed E-state index contributed by atoms with van der Waals surface area (Å²) in [6, 6.07) is 1.80. The summed E-state index contributed by atoms with van der Waals surface area (Å²) in [6.45, 7) is 5.96. The maximum Gasteiger partial charge on any atom is 0.218 e. The molecule has 1 aromatic rings. The highest BCUT2D eigenvalue weighted by molar-refractivity contribution is 5.36. The van der Waals surface area contributed by atoms with Crippen molar-refractivity contribution >= 4 is 5.82 Å². The molecular formula is C12H22N4O2. The lowest BCUT2D eigenvalue weighted by atomic mass is 10.5. The second kappa shape index (κ2) is 8.66. The van der Waals surface area contributed by atoms with Gasteiger partial charge in [0.05, 0.1) is 13.2 Å². The lowest BCUT2D eigenvalue weighted by Crippen LogP contribution is -2.28. The summed E-state index contributed by atoms with van der Waals surface area (Å²) in [5, 5.41) is 3.24. The molecule has 6 nitrogen and oxygen atoms in total. The molecule has 1 rings (SSSR count). The number of anilines is 1. The summed E-state index contributed by atoms with van der Waals surface area (Å²) in [5.41, 5.74) is 0. The Morgan fingerprint density at radius 3 is 2.89 bits per heavy atom. The SMILES string of the molecule is CCOc1cc(NCCN(C)CCOC)ncn1. The van der Waals surface area contributed by atoms with E-state index in [1.165, 1.54) is 6.33 Å². The molecule has 0 fully saturated rings. The molecule has 1 heterocycles. The Morgan fingerprint density at radius 2 is 2.17 bits per heavy atom. The molecule has 0 amide bonds. The minimum Gasteiger partial charge on any atom is -0.478 e. The van der Waals surface area contributed by atoms with Gasteiger partial charge in [-0.25, -0.2) is 9.97 Å². The largest absolute Gasteiger partial charge is 0.478 e. The summed E-state index contributed by atoms with van der Waals surface area (Å²) < 4.78 is 10.3.